The molecule has 1 saturated carbocycles. The van der Waals surface area contributed by atoms with Crippen molar-refractivity contribution in [3.8, 4) is 5.75 Å². The molecule has 0 spiro atoms. The van der Waals surface area contributed by atoms with Crippen LogP contribution in [0.2, 0.25) is 0 Å². The second-order valence-corrected chi connectivity index (χ2v) is 7.65. The van der Waals surface area contributed by atoms with Crippen LogP contribution >= 0.6 is 0 Å². The number of carbonyl (C=O) groups is 1. The van der Waals surface area contributed by atoms with Gasteiger partial charge in [0, 0.05) is 50.9 Å². The fourth-order valence-corrected chi connectivity index (χ4v) is 3.69. The highest BCUT2D eigenvalue weighted by Gasteiger charge is 2.27. The van der Waals surface area contributed by atoms with Gasteiger partial charge in [-0.3, -0.25) is 14.5 Å². The van der Waals surface area contributed by atoms with Crippen LogP contribution in [-0.4, -0.2) is 74.6 Å². The van der Waals surface area contributed by atoms with E-state index in [9.17, 15) is 9.59 Å². The highest BCUT2D eigenvalue weighted by atomic mass is 16.5. The van der Waals surface area contributed by atoms with Crippen LogP contribution in [0.25, 0.3) is 0 Å². The summed E-state index contributed by atoms with van der Waals surface area (Å²) in [6.07, 6.45) is 2.83. The van der Waals surface area contributed by atoms with Crippen LogP contribution in [0, 0.1) is 5.92 Å². The minimum absolute atomic E-state index is 0.129. The molecule has 0 atom stereocenters. The average molecular weight is 391 g/mol. The van der Waals surface area contributed by atoms with Crippen molar-refractivity contribution in [1.29, 1.82) is 0 Å². The lowest BCUT2D eigenvalue weighted by Crippen LogP contribution is -2.41. The molecule has 1 N–H and O–H groups in total. The molecule has 154 valence electrons. The molecule has 3 heterocycles. The first-order chi connectivity index (χ1) is 13.7. The second-order valence-electron chi connectivity index (χ2n) is 7.65. The average Bonchev–Trinajstić information content (AvgIpc) is 3.54. The van der Waals surface area contributed by atoms with Gasteiger partial charge in [-0.25, -0.2) is 0 Å². The van der Waals surface area contributed by atoms with E-state index in [2.05, 4.69) is 10.2 Å². The maximum absolute atomic E-state index is 13.1. The summed E-state index contributed by atoms with van der Waals surface area (Å²) in [6.45, 7) is 6.59. The number of pyridine rings is 1. The maximum atomic E-state index is 13.1. The molecule has 8 nitrogen and oxygen atoms in total. The van der Waals surface area contributed by atoms with Gasteiger partial charge in [0.05, 0.1) is 33.0 Å². The van der Waals surface area contributed by atoms with E-state index in [-0.39, 0.29) is 11.5 Å². The van der Waals surface area contributed by atoms with Crippen LogP contribution in [0.4, 0.5) is 0 Å². The van der Waals surface area contributed by atoms with E-state index in [0.717, 1.165) is 51.4 Å². The summed E-state index contributed by atoms with van der Waals surface area (Å²) in [4.78, 5) is 27.9. The normalized spacial score (nSPS) is 20.3. The molecule has 1 saturated heterocycles. The van der Waals surface area contributed by atoms with Crippen molar-refractivity contribution < 1.29 is 19.0 Å². The van der Waals surface area contributed by atoms with Gasteiger partial charge in [0.1, 0.15) is 11.3 Å². The molecule has 2 aliphatic heterocycles. The topological polar surface area (TPSA) is 82.0 Å². The predicted molar refractivity (Wildman–Crippen MR) is 103 cm³/mol. The summed E-state index contributed by atoms with van der Waals surface area (Å²) in [5.74, 6) is 0.778. The monoisotopic (exact) mass is 391 g/mol. The molecule has 1 aromatic rings. The zero-order valence-corrected chi connectivity index (χ0v) is 16.3. The summed E-state index contributed by atoms with van der Waals surface area (Å²) in [5.41, 5.74) is 1.09. The standard InChI is InChI=1S/C20H29N3O5/c24-18-13-17(28-14-15-1-2-15)19(16-3-9-26-12-8-23(16)18)20(25)21-4-5-22-6-10-27-11-7-22/h13,15H,1-12,14H2,(H,21,25). The van der Waals surface area contributed by atoms with Crippen LogP contribution in [0.5, 0.6) is 5.75 Å². The van der Waals surface area contributed by atoms with Gasteiger partial charge < -0.3 is 24.1 Å². The molecule has 1 amide bonds. The van der Waals surface area contributed by atoms with Crippen LogP contribution < -0.4 is 15.6 Å². The zero-order chi connectivity index (χ0) is 19.3. The van der Waals surface area contributed by atoms with Gasteiger partial charge in [-0.05, 0) is 18.8 Å². The van der Waals surface area contributed by atoms with E-state index in [1.54, 1.807) is 4.57 Å². The van der Waals surface area contributed by atoms with E-state index < -0.39 is 0 Å². The summed E-state index contributed by atoms with van der Waals surface area (Å²) in [7, 11) is 0. The lowest BCUT2D eigenvalue weighted by atomic mass is 10.1. The van der Waals surface area contributed by atoms with E-state index >= 15 is 0 Å². The van der Waals surface area contributed by atoms with Crippen molar-refractivity contribution >= 4 is 5.91 Å². The van der Waals surface area contributed by atoms with Crippen molar-refractivity contribution in [3.05, 3.63) is 27.7 Å². The fraction of sp³-hybridized carbons (Fsp3) is 0.700. The molecular weight excluding hydrogens is 362 g/mol. The lowest BCUT2D eigenvalue weighted by molar-refractivity contribution is 0.0383. The van der Waals surface area contributed by atoms with Crippen molar-refractivity contribution in [2.75, 3.05) is 59.2 Å². The van der Waals surface area contributed by atoms with Gasteiger partial charge in [-0.2, -0.15) is 0 Å². The predicted octanol–water partition coefficient (Wildman–Crippen LogP) is 0.272. The Balaban J connectivity index is 1.51. The molecular formula is C20H29N3O5. The summed E-state index contributed by atoms with van der Waals surface area (Å²) in [5, 5.41) is 3.02. The molecule has 0 unspecified atom stereocenters. The molecule has 3 aliphatic rings. The fourth-order valence-electron chi connectivity index (χ4n) is 3.69. The summed E-state index contributed by atoms with van der Waals surface area (Å²) >= 11 is 0. The van der Waals surface area contributed by atoms with Crippen LogP contribution in [0.3, 0.4) is 0 Å². The van der Waals surface area contributed by atoms with E-state index in [1.807, 2.05) is 0 Å². The molecule has 28 heavy (non-hydrogen) atoms. The highest BCUT2D eigenvalue weighted by molar-refractivity contribution is 5.98. The number of carbonyl (C=O) groups excluding carboxylic acids is 1. The minimum atomic E-state index is -0.176. The number of ether oxygens (including phenoxy) is 3. The third kappa shape index (κ3) is 4.74. The van der Waals surface area contributed by atoms with Gasteiger partial charge >= 0.3 is 0 Å². The largest absolute Gasteiger partial charge is 0.492 e. The highest BCUT2D eigenvalue weighted by Crippen LogP contribution is 2.31. The maximum Gasteiger partial charge on any atom is 0.256 e. The number of nitrogens with zero attached hydrogens (tertiary/aromatic N) is 2. The zero-order valence-electron chi connectivity index (χ0n) is 16.3. The number of aromatic nitrogens is 1. The van der Waals surface area contributed by atoms with E-state index in [1.165, 1.54) is 6.07 Å². The smallest absolute Gasteiger partial charge is 0.256 e. The number of hydrogen-bond acceptors (Lipinski definition) is 6. The SMILES string of the molecule is O=C(NCCN1CCOCC1)c1c(OCC2CC2)cc(=O)n2c1CCOCC2. The Morgan fingerprint density at radius 3 is 2.68 bits per heavy atom. The second kappa shape index (κ2) is 9.07. The molecule has 1 aromatic heterocycles. The third-order valence-corrected chi connectivity index (χ3v) is 5.54. The Labute approximate surface area is 164 Å². The van der Waals surface area contributed by atoms with Gasteiger partial charge in [-0.1, -0.05) is 0 Å². The van der Waals surface area contributed by atoms with Gasteiger partial charge in [-0.15, -0.1) is 0 Å². The number of amides is 1. The molecule has 8 heteroatoms. The molecule has 4 rings (SSSR count). The van der Waals surface area contributed by atoms with Gasteiger partial charge in [0.2, 0.25) is 0 Å². The first kappa shape index (κ1) is 19.4. The first-order valence-electron chi connectivity index (χ1n) is 10.3. The van der Waals surface area contributed by atoms with Crippen LogP contribution in [0.15, 0.2) is 10.9 Å². The summed E-state index contributed by atoms with van der Waals surface area (Å²) < 4.78 is 18.5. The Bertz CT molecular complexity index is 753. The number of hydrogen-bond donors (Lipinski definition) is 1. The molecule has 0 aromatic carbocycles. The first-order valence-corrected chi connectivity index (χ1v) is 10.3. The minimum Gasteiger partial charge on any atom is -0.492 e. The lowest BCUT2D eigenvalue weighted by Gasteiger charge is -2.26. The van der Waals surface area contributed by atoms with Crippen LogP contribution in [0.1, 0.15) is 28.9 Å². The van der Waals surface area contributed by atoms with Crippen molar-refractivity contribution in [1.82, 2.24) is 14.8 Å². The molecule has 2 fully saturated rings. The van der Waals surface area contributed by atoms with Crippen molar-refractivity contribution in [2.45, 2.75) is 25.8 Å². The number of morpholine rings is 1. The third-order valence-electron chi connectivity index (χ3n) is 5.54. The molecule has 0 bridgehead atoms. The Morgan fingerprint density at radius 1 is 1.14 bits per heavy atom. The van der Waals surface area contributed by atoms with Gasteiger partial charge in [0.15, 0.2) is 0 Å². The van der Waals surface area contributed by atoms with Crippen LogP contribution in [-0.2, 0) is 22.4 Å². The van der Waals surface area contributed by atoms with Gasteiger partial charge in [0.25, 0.3) is 11.5 Å². The number of rotatable bonds is 7. The quantitative estimate of drug-likeness (QED) is 0.719. The Kier molecular flexibility index (Phi) is 6.29. The van der Waals surface area contributed by atoms with E-state index in [0.29, 0.717) is 56.6 Å². The Morgan fingerprint density at radius 2 is 1.89 bits per heavy atom. The molecule has 0 radical (unpaired) electrons. The molecule has 1 aliphatic carbocycles. The van der Waals surface area contributed by atoms with Crippen molar-refractivity contribution in [2.24, 2.45) is 5.92 Å². The van der Waals surface area contributed by atoms with Crippen molar-refractivity contribution in [3.63, 3.8) is 0 Å². The number of fused-ring (bicyclic) bond motifs is 1. The van der Waals surface area contributed by atoms with E-state index in [4.69, 9.17) is 14.2 Å². The number of nitrogens with one attached hydrogen (secondary N) is 1. The Hall–Kier alpha value is -1.90. The summed E-state index contributed by atoms with van der Waals surface area (Å²) in [6, 6.07) is 1.47.